The Labute approximate surface area is 196 Å². The van der Waals surface area contributed by atoms with Crippen LogP contribution in [0.15, 0.2) is 24.3 Å². The molecule has 0 aliphatic carbocycles. The molecular formula is C26H27F3N2O3. The van der Waals surface area contributed by atoms with E-state index in [9.17, 15) is 13.2 Å². The number of ether oxygens (including phenoxy) is 3. The maximum Gasteiger partial charge on any atom is 0.391 e. The van der Waals surface area contributed by atoms with Gasteiger partial charge in [0.15, 0.2) is 11.5 Å². The van der Waals surface area contributed by atoms with Crippen LogP contribution in [0, 0.1) is 5.92 Å². The Morgan fingerprint density at radius 1 is 1.03 bits per heavy atom. The molecule has 0 saturated carbocycles. The number of hydrogen-bond acceptors (Lipinski definition) is 5. The molecule has 8 heteroatoms. The largest absolute Gasteiger partial charge is 0.495 e. The average molecular weight is 473 g/mol. The number of nitrogens with zero attached hydrogens (tertiary/aromatic N) is 2. The summed E-state index contributed by atoms with van der Waals surface area (Å²) >= 11 is 0. The quantitative estimate of drug-likeness (QED) is 0.566. The maximum atomic E-state index is 13.3. The Hall–Kier alpha value is -3.03. The number of rotatable bonds is 2. The van der Waals surface area contributed by atoms with Gasteiger partial charge in [-0.2, -0.15) is 13.2 Å². The number of hydrogen-bond donors (Lipinski definition) is 0. The molecule has 34 heavy (non-hydrogen) atoms. The highest BCUT2D eigenvalue weighted by atomic mass is 19.4. The van der Waals surface area contributed by atoms with Crippen molar-refractivity contribution < 1.29 is 27.4 Å². The molecule has 0 aromatic heterocycles. The van der Waals surface area contributed by atoms with E-state index in [1.165, 1.54) is 5.56 Å². The summed E-state index contributed by atoms with van der Waals surface area (Å²) in [5.74, 6) is 1.05. The van der Waals surface area contributed by atoms with Crippen LogP contribution in [0.2, 0.25) is 0 Å². The van der Waals surface area contributed by atoms with Crippen molar-refractivity contribution in [2.75, 3.05) is 38.4 Å². The minimum Gasteiger partial charge on any atom is -0.495 e. The molecule has 0 radical (unpaired) electrons. The molecule has 4 heterocycles. The molecule has 0 amide bonds. The van der Waals surface area contributed by atoms with Crippen LogP contribution < -0.4 is 19.1 Å². The number of halogens is 3. The first-order valence-electron chi connectivity index (χ1n) is 11.8. The Morgan fingerprint density at radius 2 is 1.76 bits per heavy atom. The zero-order valence-corrected chi connectivity index (χ0v) is 19.2. The van der Waals surface area contributed by atoms with Gasteiger partial charge in [-0.1, -0.05) is 6.07 Å². The summed E-state index contributed by atoms with van der Waals surface area (Å²) < 4.78 is 56.7. The normalized spacial score (nSPS) is 21.6. The maximum absolute atomic E-state index is 13.3. The van der Waals surface area contributed by atoms with E-state index in [1.807, 2.05) is 6.07 Å². The van der Waals surface area contributed by atoms with Crippen molar-refractivity contribution in [3.63, 3.8) is 0 Å². The molecule has 0 N–H and O–H groups in total. The second-order valence-electron chi connectivity index (χ2n) is 9.43. The van der Waals surface area contributed by atoms with E-state index in [-0.39, 0.29) is 25.7 Å². The highest BCUT2D eigenvalue weighted by Gasteiger charge is 2.42. The second-order valence-corrected chi connectivity index (χ2v) is 9.43. The van der Waals surface area contributed by atoms with Gasteiger partial charge < -0.3 is 24.0 Å². The third-order valence-corrected chi connectivity index (χ3v) is 7.69. The van der Waals surface area contributed by atoms with Crippen molar-refractivity contribution in [2.24, 2.45) is 5.92 Å². The lowest BCUT2D eigenvalue weighted by molar-refractivity contribution is -0.179. The van der Waals surface area contributed by atoms with Gasteiger partial charge in [0.25, 0.3) is 0 Å². The number of anilines is 1. The van der Waals surface area contributed by atoms with Crippen molar-refractivity contribution in [2.45, 2.75) is 38.4 Å². The van der Waals surface area contributed by atoms with E-state index >= 15 is 0 Å². The third-order valence-electron chi connectivity index (χ3n) is 7.69. The summed E-state index contributed by atoms with van der Waals surface area (Å²) in [6.45, 7) is 4.01. The number of piperidine rings is 1. The molecule has 180 valence electrons. The van der Waals surface area contributed by atoms with Crippen LogP contribution in [0.4, 0.5) is 18.9 Å². The summed E-state index contributed by atoms with van der Waals surface area (Å²) in [5.41, 5.74) is 6.67. The molecule has 1 unspecified atom stereocenters. The van der Waals surface area contributed by atoms with Crippen LogP contribution >= 0.6 is 0 Å². The predicted octanol–water partition coefficient (Wildman–Crippen LogP) is 5.63. The van der Waals surface area contributed by atoms with Crippen LogP contribution in [0.3, 0.4) is 0 Å². The molecule has 4 aliphatic rings. The Bertz CT molecular complexity index is 1170. The fraction of sp³-hybridized carbons (Fsp3) is 0.462. The summed E-state index contributed by atoms with van der Waals surface area (Å²) in [4.78, 5) is 4.48. The Kier molecular flexibility index (Phi) is 4.90. The molecule has 0 bridgehead atoms. The number of benzene rings is 2. The topological polar surface area (TPSA) is 34.2 Å². The van der Waals surface area contributed by atoms with Crippen LogP contribution in [-0.2, 0) is 6.42 Å². The smallest absolute Gasteiger partial charge is 0.391 e. The second kappa shape index (κ2) is 7.75. The third kappa shape index (κ3) is 3.29. The Morgan fingerprint density at radius 3 is 2.47 bits per heavy atom. The monoisotopic (exact) mass is 472 g/mol. The van der Waals surface area contributed by atoms with Gasteiger partial charge in [0, 0.05) is 36.5 Å². The molecule has 6 rings (SSSR count). The van der Waals surface area contributed by atoms with E-state index in [0.29, 0.717) is 18.8 Å². The van der Waals surface area contributed by atoms with Gasteiger partial charge in [-0.3, -0.25) is 0 Å². The molecule has 1 saturated heterocycles. The van der Waals surface area contributed by atoms with E-state index in [2.05, 4.69) is 41.0 Å². The van der Waals surface area contributed by atoms with Gasteiger partial charge >= 0.3 is 6.18 Å². The first-order valence-corrected chi connectivity index (χ1v) is 11.8. The van der Waals surface area contributed by atoms with Gasteiger partial charge in [0.05, 0.1) is 24.8 Å². The molecule has 1 atom stereocenters. The highest BCUT2D eigenvalue weighted by Crippen LogP contribution is 2.50. The van der Waals surface area contributed by atoms with Crippen LogP contribution in [0.5, 0.6) is 17.2 Å². The van der Waals surface area contributed by atoms with Gasteiger partial charge in [-0.15, -0.1) is 0 Å². The summed E-state index contributed by atoms with van der Waals surface area (Å²) in [7, 11) is 1.63. The standard InChI is InChI=1S/C26H27F3N2O3/c1-15-24-17(3-4-21(32-2)25(24)30-8-6-18(7-9-30)26(27,28)29)11-20-19-13-23-22(33-14-34-23)12-16(19)5-10-31(15)20/h3-4,11-13,15,18H,5-10,14H2,1-2H3. The number of methoxy groups -OCH3 is 1. The van der Waals surface area contributed by atoms with Gasteiger partial charge in [-0.25, -0.2) is 0 Å². The predicted molar refractivity (Wildman–Crippen MR) is 123 cm³/mol. The van der Waals surface area contributed by atoms with Crippen molar-refractivity contribution in [1.82, 2.24) is 4.90 Å². The van der Waals surface area contributed by atoms with Gasteiger partial charge in [0.1, 0.15) is 5.75 Å². The molecule has 1 fully saturated rings. The fourth-order valence-corrected chi connectivity index (χ4v) is 5.90. The van der Waals surface area contributed by atoms with Crippen LogP contribution in [0.1, 0.15) is 48.1 Å². The minimum atomic E-state index is -4.13. The molecule has 4 aliphatic heterocycles. The summed E-state index contributed by atoms with van der Waals surface area (Å²) in [5, 5.41) is 0. The zero-order valence-electron chi connectivity index (χ0n) is 19.2. The van der Waals surface area contributed by atoms with Crippen molar-refractivity contribution >= 4 is 17.5 Å². The van der Waals surface area contributed by atoms with Gasteiger partial charge in [-0.05, 0) is 61.6 Å². The SMILES string of the molecule is COc1ccc2c(c1N1CCC(C(F)(F)F)CC1)C(C)N1CCc3cc4c(cc3C1=C2)OCO4. The first-order chi connectivity index (χ1) is 16.3. The van der Waals surface area contributed by atoms with Gasteiger partial charge in [0.2, 0.25) is 6.79 Å². The van der Waals surface area contributed by atoms with E-state index in [0.717, 1.165) is 52.5 Å². The van der Waals surface area contributed by atoms with Crippen molar-refractivity contribution in [1.29, 1.82) is 0 Å². The molecular weight excluding hydrogens is 445 g/mol. The lowest BCUT2D eigenvalue weighted by atomic mass is 9.85. The van der Waals surface area contributed by atoms with E-state index < -0.39 is 12.1 Å². The molecule has 5 nitrogen and oxygen atoms in total. The molecule has 0 spiro atoms. The fourth-order valence-electron chi connectivity index (χ4n) is 5.90. The highest BCUT2D eigenvalue weighted by molar-refractivity contribution is 5.89. The lowest BCUT2D eigenvalue weighted by Crippen LogP contribution is -2.41. The van der Waals surface area contributed by atoms with E-state index in [1.54, 1.807) is 7.11 Å². The van der Waals surface area contributed by atoms with Crippen LogP contribution in [-0.4, -0.2) is 44.6 Å². The van der Waals surface area contributed by atoms with Crippen molar-refractivity contribution in [3.8, 4) is 17.2 Å². The molecule has 2 aromatic rings. The number of alkyl halides is 3. The summed E-state index contributed by atoms with van der Waals surface area (Å²) in [6.07, 6.45) is -0.834. The number of fused-ring (bicyclic) bond motifs is 5. The van der Waals surface area contributed by atoms with E-state index in [4.69, 9.17) is 14.2 Å². The lowest BCUT2D eigenvalue weighted by Gasteiger charge is -2.44. The Balaban J connectivity index is 1.42. The summed E-state index contributed by atoms with van der Waals surface area (Å²) in [6, 6.07) is 8.20. The first kappa shape index (κ1) is 21.5. The zero-order chi connectivity index (χ0) is 23.6. The van der Waals surface area contributed by atoms with Crippen LogP contribution in [0.25, 0.3) is 11.8 Å². The van der Waals surface area contributed by atoms with Crippen molar-refractivity contribution in [3.05, 3.63) is 46.5 Å². The average Bonchev–Trinajstić information content (AvgIpc) is 3.29. The molecule has 2 aromatic carbocycles. The minimum absolute atomic E-state index is 0.0546.